The van der Waals surface area contributed by atoms with Crippen molar-refractivity contribution in [2.24, 2.45) is 0 Å². The molecule has 0 saturated heterocycles. The van der Waals surface area contributed by atoms with E-state index in [1.807, 2.05) is 36.4 Å². The molecule has 0 aliphatic heterocycles. The number of benzene rings is 1. The molecule has 1 aliphatic carbocycles. The van der Waals surface area contributed by atoms with Crippen LogP contribution < -0.4 is 0 Å². The highest BCUT2D eigenvalue weighted by Gasteiger charge is 2.21. The molecule has 0 amide bonds. The first-order valence-electron chi connectivity index (χ1n) is 6.49. The van der Waals surface area contributed by atoms with Gasteiger partial charge < -0.3 is 9.84 Å². The Hall–Kier alpha value is -1.87. The molecule has 1 unspecified atom stereocenters. The van der Waals surface area contributed by atoms with Crippen LogP contribution in [0.3, 0.4) is 0 Å². The molecule has 0 spiro atoms. The zero-order valence-corrected chi connectivity index (χ0v) is 10.8. The Kier molecular flexibility index (Phi) is 4.93. The van der Waals surface area contributed by atoms with E-state index in [2.05, 4.69) is 12.2 Å². The van der Waals surface area contributed by atoms with E-state index >= 15 is 0 Å². The smallest absolute Gasteiger partial charge is 0.316 e. The highest BCUT2D eigenvalue weighted by molar-refractivity contribution is 5.78. The van der Waals surface area contributed by atoms with Gasteiger partial charge in [-0.3, -0.25) is 4.79 Å². The van der Waals surface area contributed by atoms with Crippen LogP contribution in [0.2, 0.25) is 0 Å². The standard InChI is InChI=1S/C16H18O3/c17-11-15(14-9-5-2-6-10-14)16(18)19-12-13-7-3-1-4-8-13/h2-3,5-10,15,17H,1,4,11-12H2. The lowest BCUT2D eigenvalue weighted by molar-refractivity contribution is -0.145. The largest absolute Gasteiger partial charge is 0.460 e. The molecule has 0 aromatic heterocycles. The average Bonchev–Trinajstić information content (AvgIpc) is 2.48. The summed E-state index contributed by atoms with van der Waals surface area (Å²) < 4.78 is 5.27. The number of carbonyl (C=O) groups is 1. The van der Waals surface area contributed by atoms with Gasteiger partial charge >= 0.3 is 5.97 Å². The summed E-state index contributed by atoms with van der Waals surface area (Å²) >= 11 is 0. The molecular formula is C16H18O3. The van der Waals surface area contributed by atoms with Crippen molar-refractivity contribution in [3.8, 4) is 0 Å². The normalized spacial score (nSPS) is 15.7. The van der Waals surface area contributed by atoms with Crippen LogP contribution in [0.1, 0.15) is 24.3 Å². The molecule has 1 N–H and O–H groups in total. The minimum atomic E-state index is -0.602. The third-order valence-electron chi connectivity index (χ3n) is 3.12. The molecule has 3 heteroatoms. The first kappa shape index (κ1) is 13.6. The van der Waals surface area contributed by atoms with Gasteiger partial charge in [-0.25, -0.2) is 0 Å². The van der Waals surface area contributed by atoms with E-state index in [0.717, 1.165) is 24.0 Å². The molecule has 2 rings (SSSR count). The van der Waals surface area contributed by atoms with Crippen molar-refractivity contribution < 1.29 is 14.6 Å². The van der Waals surface area contributed by atoms with Gasteiger partial charge in [0, 0.05) is 0 Å². The quantitative estimate of drug-likeness (QED) is 0.826. The third kappa shape index (κ3) is 3.80. The van der Waals surface area contributed by atoms with Gasteiger partial charge in [0.25, 0.3) is 0 Å². The summed E-state index contributed by atoms with van der Waals surface area (Å²) in [5.74, 6) is -0.983. The van der Waals surface area contributed by atoms with Crippen LogP contribution in [0, 0.1) is 0 Å². The maximum absolute atomic E-state index is 12.0. The van der Waals surface area contributed by atoms with E-state index in [1.54, 1.807) is 0 Å². The van der Waals surface area contributed by atoms with Gasteiger partial charge in [0.2, 0.25) is 0 Å². The summed E-state index contributed by atoms with van der Waals surface area (Å²) in [4.78, 5) is 12.0. The van der Waals surface area contributed by atoms with Crippen LogP contribution in [-0.4, -0.2) is 24.3 Å². The number of hydrogen-bond acceptors (Lipinski definition) is 3. The summed E-state index contributed by atoms with van der Waals surface area (Å²) in [5.41, 5.74) is 1.80. The van der Waals surface area contributed by atoms with Crippen LogP contribution in [-0.2, 0) is 9.53 Å². The average molecular weight is 258 g/mol. The fraction of sp³-hybridized carbons (Fsp3) is 0.312. The molecule has 0 saturated carbocycles. The monoisotopic (exact) mass is 258 g/mol. The molecule has 0 heterocycles. The van der Waals surface area contributed by atoms with Crippen LogP contribution in [0.5, 0.6) is 0 Å². The van der Waals surface area contributed by atoms with E-state index in [9.17, 15) is 9.90 Å². The van der Waals surface area contributed by atoms with E-state index in [4.69, 9.17) is 4.74 Å². The molecule has 3 nitrogen and oxygen atoms in total. The predicted octanol–water partition coefficient (Wildman–Crippen LogP) is 2.58. The van der Waals surface area contributed by atoms with Crippen molar-refractivity contribution in [3.05, 3.63) is 59.7 Å². The molecule has 1 aromatic rings. The lowest BCUT2D eigenvalue weighted by Gasteiger charge is -2.15. The Morgan fingerprint density at radius 1 is 1.26 bits per heavy atom. The highest BCUT2D eigenvalue weighted by atomic mass is 16.5. The molecule has 1 aromatic carbocycles. The van der Waals surface area contributed by atoms with E-state index in [1.165, 1.54) is 0 Å². The maximum Gasteiger partial charge on any atom is 0.316 e. The SMILES string of the molecule is O=C(OCC1=CCCC=C1)C(CO)c1ccccc1. The molecule has 0 bridgehead atoms. The van der Waals surface area contributed by atoms with Gasteiger partial charge in [0.1, 0.15) is 12.5 Å². The van der Waals surface area contributed by atoms with Crippen molar-refractivity contribution in [2.45, 2.75) is 18.8 Å². The number of ether oxygens (including phenoxy) is 1. The Labute approximate surface area is 113 Å². The van der Waals surface area contributed by atoms with E-state index in [0.29, 0.717) is 0 Å². The second-order valence-electron chi connectivity index (χ2n) is 4.51. The predicted molar refractivity (Wildman–Crippen MR) is 73.7 cm³/mol. The number of allylic oxidation sites excluding steroid dienone is 2. The number of rotatable bonds is 5. The molecule has 0 radical (unpaired) electrons. The van der Waals surface area contributed by atoms with Gasteiger partial charge in [-0.15, -0.1) is 0 Å². The van der Waals surface area contributed by atoms with Crippen molar-refractivity contribution in [1.82, 2.24) is 0 Å². The van der Waals surface area contributed by atoms with Gasteiger partial charge in [-0.2, -0.15) is 0 Å². The number of esters is 1. The molecule has 1 aliphatic rings. The lowest BCUT2D eigenvalue weighted by atomic mass is 10.0. The zero-order valence-electron chi connectivity index (χ0n) is 10.8. The summed E-state index contributed by atoms with van der Waals surface area (Å²) in [6, 6.07) is 9.21. The number of aliphatic hydroxyl groups excluding tert-OH is 1. The van der Waals surface area contributed by atoms with Crippen LogP contribution in [0.4, 0.5) is 0 Å². The zero-order chi connectivity index (χ0) is 13.5. The van der Waals surface area contributed by atoms with Gasteiger partial charge in [0.15, 0.2) is 0 Å². The van der Waals surface area contributed by atoms with E-state index in [-0.39, 0.29) is 19.2 Å². The number of carbonyl (C=O) groups excluding carboxylic acids is 1. The Balaban J connectivity index is 1.94. The van der Waals surface area contributed by atoms with Gasteiger partial charge in [-0.1, -0.05) is 48.6 Å². The van der Waals surface area contributed by atoms with Crippen molar-refractivity contribution in [2.75, 3.05) is 13.2 Å². The minimum Gasteiger partial charge on any atom is -0.460 e. The molecular weight excluding hydrogens is 240 g/mol. The minimum absolute atomic E-state index is 0.238. The van der Waals surface area contributed by atoms with Crippen LogP contribution in [0.25, 0.3) is 0 Å². The van der Waals surface area contributed by atoms with Gasteiger partial charge in [0.05, 0.1) is 6.61 Å². The topological polar surface area (TPSA) is 46.5 Å². The molecule has 19 heavy (non-hydrogen) atoms. The Bertz CT molecular complexity index is 474. The molecule has 0 fully saturated rings. The number of aliphatic hydroxyl groups is 1. The molecule has 1 atom stereocenters. The third-order valence-corrected chi connectivity index (χ3v) is 3.12. The second kappa shape index (κ2) is 6.90. The fourth-order valence-corrected chi connectivity index (χ4v) is 2.03. The first-order chi connectivity index (χ1) is 9.31. The summed E-state index contributed by atoms with van der Waals surface area (Å²) in [6.45, 7) is 0.0381. The van der Waals surface area contributed by atoms with Crippen molar-refractivity contribution in [1.29, 1.82) is 0 Å². The Morgan fingerprint density at radius 3 is 2.68 bits per heavy atom. The highest BCUT2D eigenvalue weighted by Crippen LogP contribution is 2.17. The summed E-state index contributed by atoms with van der Waals surface area (Å²) in [5, 5.41) is 9.36. The number of hydrogen-bond donors (Lipinski definition) is 1. The van der Waals surface area contributed by atoms with Crippen LogP contribution >= 0.6 is 0 Å². The summed E-state index contributed by atoms with van der Waals surface area (Å²) in [6.07, 6.45) is 8.16. The van der Waals surface area contributed by atoms with Crippen molar-refractivity contribution >= 4 is 5.97 Å². The second-order valence-corrected chi connectivity index (χ2v) is 4.51. The summed E-state index contributed by atoms with van der Waals surface area (Å²) in [7, 11) is 0. The van der Waals surface area contributed by atoms with Crippen LogP contribution in [0.15, 0.2) is 54.1 Å². The van der Waals surface area contributed by atoms with Gasteiger partial charge in [-0.05, 0) is 24.0 Å². The van der Waals surface area contributed by atoms with E-state index < -0.39 is 5.92 Å². The first-order valence-corrected chi connectivity index (χ1v) is 6.49. The fourth-order valence-electron chi connectivity index (χ4n) is 2.03. The Morgan fingerprint density at radius 2 is 2.05 bits per heavy atom. The maximum atomic E-state index is 12.0. The lowest BCUT2D eigenvalue weighted by Crippen LogP contribution is -2.20. The van der Waals surface area contributed by atoms with Crippen molar-refractivity contribution in [3.63, 3.8) is 0 Å². The molecule has 100 valence electrons.